The number of nitrogen functional groups attached to an aromatic ring is 2. The van der Waals surface area contributed by atoms with E-state index in [1.54, 1.807) is 6.07 Å². The summed E-state index contributed by atoms with van der Waals surface area (Å²) < 4.78 is 0. The molecule has 27 heavy (non-hydrogen) atoms. The van der Waals surface area contributed by atoms with Crippen LogP contribution in [-0.2, 0) is 0 Å². The van der Waals surface area contributed by atoms with Crippen LogP contribution in [0.25, 0.3) is 0 Å². The maximum atomic E-state index is 12.4. The second kappa shape index (κ2) is 8.80. The number of anilines is 3. The van der Waals surface area contributed by atoms with E-state index in [-0.39, 0.29) is 23.9 Å². The van der Waals surface area contributed by atoms with Crippen LogP contribution >= 0.6 is 0 Å². The third-order valence-electron chi connectivity index (χ3n) is 5.01. The summed E-state index contributed by atoms with van der Waals surface area (Å²) >= 11 is 0. The maximum absolute atomic E-state index is 12.4. The zero-order chi connectivity index (χ0) is 20.1. The predicted molar refractivity (Wildman–Crippen MR) is 115 cm³/mol. The Kier molecular flexibility index (Phi) is 6.72. The normalized spacial score (nSPS) is 21.5. The fraction of sp³-hybridized carbons (Fsp3) is 0.409. The number of carbonyl (C=O) groups excluding carboxylic acids is 1. The summed E-state index contributed by atoms with van der Waals surface area (Å²) in [6, 6.07) is 12.0. The second-order valence-corrected chi connectivity index (χ2v) is 6.29. The number of hydrogen-bond donors (Lipinski definition) is 4. The number of hydrogen-bond acceptors (Lipinski definition) is 4. The summed E-state index contributed by atoms with van der Waals surface area (Å²) in [4.78, 5) is 12.4. The summed E-state index contributed by atoms with van der Waals surface area (Å²) in [6.07, 6.45) is 0.978. The molecule has 5 heteroatoms. The standard InChI is InChI=1S/C18H20N4O.2C2H6/c1-2-14-16(9-5-3-4-6-15(9)21-14)17-10-7-12(19)13(20)8-11(10)18(23)22-17;2*1-2/h3-8,14,16-17,21H,2,19-20H2,1H3,(H,22,23);2*1-2H3. The van der Waals surface area contributed by atoms with Gasteiger partial charge in [0, 0.05) is 23.2 Å². The van der Waals surface area contributed by atoms with Gasteiger partial charge in [-0.15, -0.1) is 0 Å². The van der Waals surface area contributed by atoms with E-state index in [9.17, 15) is 4.79 Å². The van der Waals surface area contributed by atoms with Crippen molar-refractivity contribution in [1.29, 1.82) is 0 Å². The van der Waals surface area contributed by atoms with Crippen molar-refractivity contribution in [3.05, 3.63) is 53.1 Å². The van der Waals surface area contributed by atoms with Crippen LogP contribution in [0.5, 0.6) is 0 Å². The first-order valence-electron chi connectivity index (χ1n) is 9.95. The Hall–Kier alpha value is -2.69. The van der Waals surface area contributed by atoms with Gasteiger partial charge in [-0.05, 0) is 35.7 Å². The number of benzene rings is 2. The molecule has 4 rings (SSSR count). The molecular formula is C22H32N4O. The maximum Gasteiger partial charge on any atom is 0.252 e. The molecule has 146 valence electrons. The number of fused-ring (bicyclic) bond motifs is 2. The molecule has 0 saturated heterocycles. The minimum absolute atomic E-state index is 0.0732. The van der Waals surface area contributed by atoms with Crippen molar-refractivity contribution in [3.63, 3.8) is 0 Å². The molecule has 0 radical (unpaired) electrons. The zero-order valence-electron chi connectivity index (χ0n) is 17.0. The third-order valence-corrected chi connectivity index (χ3v) is 5.01. The Bertz CT molecular complexity index is 803. The van der Waals surface area contributed by atoms with Crippen molar-refractivity contribution in [1.82, 2.24) is 5.32 Å². The molecule has 6 N–H and O–H groups in total. The highest BCUT2D eigenvalue weighted by Crippen LogP contribution is 2.47. The molecule has 0 fully saturated rings. The molecule has 2 heterocycles. The van der Waals surface area contributed by atoms with E-state index in [0.29, 0.717) is 16.9 Å². The van der Waals surface area contributed by atoms with Gasteiger partial charge < -0.3 is 22.1 Å². The Morgan fingerprint density at radius 1 is 0.926 bits per heavy atom. The minimum atomic E-state index is -0.0819. The largest absolute Gasteiger partial charge is 0.397 e. The summed E-state index contributed by atoms with van der Waals surface area (Å²) in [7, 11) is 0. The molecule has 3 unspecified atom stereocenters. The molecule has 3 atom stereocenters. The van der Waals surface area contributed by atoms with Crippen molar-refractivity contribution in [2.45, 2.75) is 59.0 Å². The summed E-state index contributed by atoms with van der Waals surface area (Å²) in [5.74, 6) is 0.111. The number of amides is 1. The van der Waals surface area contributed by atoms with E-state index in [1.165, 1.54) is 5.56 Å². The van der Waals surface area contributed by atoms with E-state index in [1.807, 2.05) is 45.9 Å². The Morgan fingerprint density at radius 3 is 2.22 bits per heavy atom. The molecule has 1 amide bonds. The van der Waals surface area contributed by atoms with Gasteiger partial charge in [0.2, 0.25) is 0 Å². The Morgan fingerprint density at radius 2 is 1.56 bits per heavy atom. The average molecular weight is 369 g/mol. The molecule has 2 aliphatic rings. The molecule has 0 saturated carbocycles. The van der Waals surface area contributed by atoms with Crippen molar-refractivity contribution in [2.24, 2.45) is 0 Å². The van der Waals surface area contributed by atoms with Gasteiger partial charge in [-0.3, -0.25) is 4.79 Å². The molecule has 2 aliphatic heterocycles. The van der Waals surface area contributed by atoms with Crippen LogP contribution in [0.3, 0.4) is 0 Å². The van der Waals surface area contributed by atoms with Crippen LogP contribution in [-0.4, -0.2) is 11.9 Å². The van der Waals surface area contributed by atoms with Gasteiger partial charge in [0.05, 0.1) is 17.4 Å². The average Bonchev–Trinajstić information content (AvgIpc) is 3.23. The van der Waals surface area contributed by atoms with Crippen molar-refractivity contribution >= 4 is 23.0 Å². The first kappa shape index (κ1) is 20.6. The highest BCUT2D eigenvalue weighted by Gasteiger charge is 2.42. The minimum Gasteiger partial charge on any atom is -0.397 e. The zero-order valence-corrected chi connectivity index (χ0v) is 17.0. The fourth-order valence-electron chi connectivity index (χ4n) is 3.88. The highest BCUT2D eigenvalue weighted by molar-refractivity contribution is 6.01. The molecule has 0 bridgehead atoms. The molecule has 5 nitrogen and oxygen atoms in total. The lowest BCUT2D eigenvalue weighted by molar-refractivity contribution is 0.0951. The van der Waals surface area contributed by atoms with Gasteiger partial charge >= 0.3 is 0 Å². The van der Waals surface area contributed by atoms with E-state index in [0.717, 1.165) is 17.7 Å². The molecular weight excluding hydrogens is 336 g/mol. The van der Waals surface area contributed by atoms with Crippen LogP contribution in [0.15, 0.2) is 36.4 Å². The molecule has 0 aliphatic carbocycles. The summed E-state index contributed by atoms with van der Waals surface area (Å²) in [5.41, 5.74) is 16.8. The van der Waals surface area contributed by atoms with Crippen molar-refractivity contribution < 1.29 is 4.79 Å². The SMILES string of the molecule is CC.CC.CCC1Nc2ccccc2C1C1NC(=O)c2cc(N)c(N)cc21. The lowest BCUT2D eigenvalue weighted by Crippen LogP contribution is -2.31. The number of carbonyl (C=O) groups is 1. The van der Waals surface area contributed by atoms with Crippen LogP contribution in [0, 0.1) is 0 Å². The Labute approximate surface area is 162 Å². The second-order valence-electron chi connectivity index (χ2n) is 6.29. The molecule has 2 aromatic rings. The molecule has 2 aromatic carbocycles. The van der Waals surface area contributed by atoms with Crippen molar-refractivity contribution in [2.75, 3.05) is 16.8 Å². The van der Waals surface area contributed by atoms with Crippen molar-refractivity contribution in [3.8, 4) is 0 Å². The topological polar surface area (TPSA) is 93.2 Å². The predicted octanol–water partition coefficient (Wildman–Crippen LogP) is 4.68. The number of rotatable bonds is 2. The van der Waals surface area contributed by atoms with Gasteiger partial charge in [0.1, 0.15) is 0 Å². The molecule has 0 spiro atoms. The van der Waals surface area contributed by atoms with Crippen LogP contribution in [0.2, 0.25) is 0 Å². The van der Waals surface area contributed by atoms with Gasteiger partial charge in [0.25, 0.3) is 5.91 Å². The quantitative estimate of drug-likeness (QED) is 0.579. The van der Waals surface area contributed by atoms with Gasteiger partial charge in [-0.2, -0.15) is 0 Å². The smallest absolute Gasteiger partial charge is 0.252 e. The lowest BCUT2D eigenvalue weighted by atomic mass is 9.83. The number of para-hydroxylation sites is 1. The number of nitrogens with one attached hydrogen (secondary N) is 2. The lowest BCUT2D eigenvalue weighted by Gasteiger charge is -2.26. The van der Waals surface area contributed by atoms with E-state index >= 15 is 0 Å². The van der Waals surface area contributed by atoms with Crippen LogP contribution in [0.4, 0.5) is 17.1 Å². The van der Waals surface area contributed by atoms with Crippen LogP contribution < -0.4 is 22.1 Å². The highest BCUT2D eigenvalue weighted by atomic mass is 16.2. The number of nitrogens with two attached hydrogens (primary N) is 2. The first-order chi connectivity index (χ1) is 13.1. The molecule has 0 aromatic heterocycles. The summed E-state index contributed by atoms with van der Waals surface area (Å²) in [5, 5.41) is 6.71. The van der Waals surface area contributed by atoms with E-state index in [4.69, 9.17) is 11.5 Å². The summed E-state index contributed by atoms with van der Waals surface area (Å²) in [6.45, 7) is 10.2. The van der Waals surface area contributed by atoms with E-state index in [2.05, 4.69) is 29.7 Å². The monoisotopic (exact) mass is 368 g/mol. The van der Waals surface area contributed by atoms with Gasteiger partial charge in [-0.25, -0.2) is 0 Å². The third kappa shape index (κ3) is 3.59. The first-order valence-corrected chi connectivity index (χ1v) is 9.95. The van der Waals surface area contributed by atoms with E-state index < -0.39 is 0 Å². The van der Waals surface area contributed by atoms with Gasteiger partial charge in [-0.1, -0.05) is 52.8 Å². The Balaban J connectivity index is 0.000000614. The van der Waals surface area contributed by atoms with Gasteiger partial charge in [0.15, 0.2) is 0 Å². The fourth-order valence-corrected chi connectivity index (χ4v) is 3.88. The van der Waals surface area contributed by atoms with Crippen LogP contribution in [0.1, 0.15) is 74.5 Å².